The summed E-state index contributed by atoms with van der Waals surface area (Å²) in [4.78, 5) is 37.6. The number of hydrogen-bond donors (Lipinski definition) is 0. The summed E-state index contributed by atoms with van der Waals surface area (Å²) in [7, 11) is 0. The first kappa shape index (κ1) is 20.4. The number of rotatable bonds is 8. The van der Waals surface area contributed by atoms with Gasteiger partial charge in [-0.25, -0.2) is 0 Å². The van der Waals surface area contributed by atoms with E-state index in [1.165, 1.54) is 0 Å². The van der Waals surface area contributed by atoms with Crippen LogP contribution in [0.15, 0.2) is 84.9 Å². The summed E-state index contributed by atoms with van der Waals surface area (Å²) < 4.78 is 0. The number of halogens is 1. The van der Waals surface area contributed by atoms with E-state index in [4.69, 9.17) is 11.6 Å². The molecule has 29 heavy (non-hydrogen) atoms. The molecule has 0 amide bonds. The molecule has 0 aliphatic heterocycles. The molecule has 0 saturated heterocycles. The van der Waals surface area contributed by atoms with Crippen LogP contribution in [0.25, 0.3) is 0 Å². The van der Waals surface area contributed by atoms with Crippen LogP contribution in [-0.2, 0) is 0 Å². The fourth-order valence-electron chi connectivity index (χ4n) is 3.32. The van der Waals surface area contributed by atoms with Gasteiger partial charge in [-0.05, 0) is 17.7 Å². The molecular weight excluding hydrogens is 390 g/mol. The molecule has 1 unspecified atom stereocenters. The van der Waals surface area contributed by atoms with Gasteiger partial charge in [0, 0.05) is 21.1 Å². The smallest absolute Gasteiger partial charge is 0.211 e. The molecule has 0 saturated carbocycles. The molecule has 0 bridgehead atoms. The lowest BCUT2D eigenvalue weighted by atomic mass is 9.77. The van der Waals surface area contributed by atoms with Crippen molar-refractivity contribution in [3.05, 3.63) is 117 Å². The number of Topliss-reactive ketones (excluding diaryl/α,β-unsaturated/α-hetero) is 2. The molecular formula is C23H18ClNO4. The summed E-state index contributed by atoms with van der Waals surface area (Å²) in [5.74, 6) is -3.04. The van der Waals surface area contributed by atoms with E-state index in [0.717, 1.165) is 0 Å². The van der Waals surface area contributed by atoms with Crippen molar-refractivity contribution in [3.63, 3.8) is 0 Å². The highest BCUT2D eigenvalue weighted by molar-refractivity contribution is 6.30. The summed E-state index contributed by atoms with van der Waals surface area (Å²) in [6.07, 6.45) is 0. The lowest BCUT2D eigenvalue weighted by Gasteiger charge is -2.23. The van der Waals surface area contributed by atoms with Crippen LogP contribution in [0, 0.1) is 16.0 Å². The average molecular weight is 408 g/mol. The van der Waals surface area contributed by atoms with Gasteiger partial charge in [-0.15, -0.1) is 0 Å². The molecule has 3 aromatic carbocycles. The Bertz CT molecular complexity index is 953. The van der Waals surface area contributed by atoms with E-state index in [1.807, 2.05) is 0 Å². The molecule has 0 aliphatic rings. The van der Waals surface area contributed by atoms with Crippen LogP contribution in [0.5, 0.6) is 0 Å². The predicted octanol–water partition coefficient (Wildman–Crippen LogP) is 5.08. The highest BCUT2D eigenvalue weighted by Crippen LogP contribution is 2.32. The largest absolute Gasteiger partial charge is 0.293 e. The second-order valence-electron chi connectivity index (χ2n) is 6.61. The molecule has 0 radical (unpaired) electrons. The van der Waals surface area contributed by atoms with E-state index in [1.54, 1.807) is 84.9 Å². The molecule has 0 aliphatic carbocycles. The highest BCUT2D eigenvalue weighted by atomic mass is 35.5. The molecule has 0 aromatic heterocycles. The normalized spacial score (nSPS) is 11.8. The van der Waals surface area contributed by atoms with Crippen LogP contribution < -0.4 is 0 Å². The van der Waals surface area contributed by atoms with Gasteiger partial charge in [0.05, 0.1) is 11.8 Å². The third kappa shape index (κ3) is 4.95. The zero-order valence-corrected chi connectivity index (χ0v) is 16.2. The quantitative estimate of drug-likeness (QED) is 0.226. The third-order valence-corrected chi connectivity index (χ3v) is 4.98. The molecule has 0 N–H and O–H groups in total. The van der Waals surface area contributed by atoms with Crippen LogP contribution in [0.3, 0.4) is 0 Å². The predicted molar refractivity (Wildman–Crippen MR) is 111 cm³/mol. The Balaban J connectivity index is 2.12. The van der Waals surface area contributed by atoms with E-state index in [0.29, 0.717) is 21.7 Å². The zero-order valence-electron chi connectivity index (χ0n) is 15.4. The number of ketones is 2. The molecule has 3 rings (SSSR count). The van der Waals surface area contributed by atoms with Crippen molar-refractivity contribution in [2.45, 2.75) is 5.92 Å². The SMILES string of the molecule is O=C(c1ccccc1)C(C(=O)c1ccccc1)C(C[N+](=O)[O-])c1ccc(Cl)cc1. The molecule has 1 atom stereocenters. The fraction of sp³-hybridized carbons (Fsp3) is 0.130. The van der Waals surface area contributed by atoms with E-state index < -0.39 is 34.9 Å². The van der Waals surface area contributed by atoms with Crippen molar-refractivity contribution in [2.75, 3.05) is 6.54 Å². The maximum atomic E-state index is 13.4. The van der Waals surface area contributed by atoms with Crippen molar-refractivity contribution in [1.29, 1.82) is 0 Å². The van der Waals surface area contributed by atoms with Gasteiger partial charge in [0.25, 0.3) is 0 Å². The van der Waals surface area contributed by atoms with Gasteiger partial charge in [0.1, 0.15) is 0 Å². The minimum Gasteiger partial charge on any atom is -0.293 e. The number of carbonyl (C=O) groups is 2. The monoisotopic (exact) mass is 407 g/mol. The number of carbonyl (C=O) groups excluding carboxylic acids is 2. The molecule has 5 nitrogen and oxygen atoms in total. The van der Waals surface area contributed by atoms with Gasteiger partial charge in [0.2, 0.25) is 6.54 Å². The third-order valence-electron chi connectivity index (χ3n) is 4.73. The Morgan fingerprint density at radius 2 is 1.24 bits per heavy atom. The maximum Gasteiger partial charge on any atom is 0.211 e. The van der Waals surface area contributed by atoms with Crippen molar-refractivity contribution in [2.24, 2.45) is 5.92 Å². The zero-order chi connectivity index (χ0) is 20.8. The molecule has 146 valence electrons. The van der Waals surface area contributed by atoms with E-state index in [2.05, 4.69) is 0 Å². The maximum absolute atomic E-state index is 13.4. The Kier molecular flexibility index (Phi) is 6.52. The lowest BCUT2D eigenvalue weighted by molar-refractivity contribution is -0.484. The Hall–Kier alpha value is -3.31. The lowest BCUT2D eigenvalue weighted by Crippen LogP contribution is -2.34. The second kappa shape index (κ2) is 9.26. The molecule has 0 heterocycles. The van der Waals surface area contributed by atoms with Gasteiger partial charge in [0.15, 0.2) is 11.6 Å². The van der Waals surface area contributed by atoms with Crippen LogP contribution in [0.4, 0.5) is 0 Å². The Labute approximate surface area is 173 Å². The van der Waals surface area contributed by atoms with Crippen LogP contribution in [-0.4, -0.2) is 23.0 Å². The fourth-order valence-corrected chi connectivity index (χ4v) is 3.45. The first-order chi connectivity index (χ1) is 14.0. The number of nitro groups is 1. The van der Waals surface area contributed by atoms with Gasteiger partial charge in [-0.3, -0.25) is 19.7 Å². The van der Waals surface area contributed by atoms with Crippen LogP contribution in [0.1, 0.15) is 32.2 Å². The minimum atomic E-state index is -1.23. The van der Waals surface area contributed by atoms with Crippen molar-refractivity contribution in [1.82, 2.24) is 0 Å². The number of benzene rings is 3. The van der Waals surface area contributed by atoms with Gasteiger partial charge < -0.3 is 0 Å². The Morgan fingerprint density at radius 3 is 1.66 bits per heavy atom. The number of hydrogen-bond acceptors (Lipinski definition) is 4. The average Bonchev–Trinajstić information content (AvgIpc) is 2.74. The molecule has 0 fully saturated rings. The second-order valence-corrected chi connectivity index (χ2v) is 7.05. The van der Waals surface area contributed by atoms with Crippen molar-refractivity contribution in [3.8, 4) is 0 Å². The summed E-state index contributed by atoms with van der Waals surface area (Å²) in [5, 5.41) is 11.9. The highest BCUT2D eigenvalue weighted by Gasteiger charge is 2.39. The molecule has 0 spiro atoms. The summed E-state index contributed by atoms with van der Waals surface area (Å²) >= 11 is 5.95. The Morgan fingerprint density at radius 1 is 0.793 bits per heavy atom. The first-order valence-electron chi connectivity index (χ1n) is 9.03. The summed E-state index contributed by atoms with van der Waals surface area (Å²) in [6, 6.07) is 23.2. The van der Waals surface area contributed by atoms with E-state index in [-0.39, 0.29) is 0 Å². The number of nitrogens with zero attached hydrogens (tertiary/aromatic N) is 1. The van der Waals surface area contributed by atoms with Gasteiger partial charge >= 0.3 is 0 Å². The van der Waals surface area contributed by atoms with Crippen LogP contribution >= 0.6 is 11.6 Å². The standard InChI is InChI=1S/C23H18ClNO4/c24-19-13-11-16(12-14-19)20(15-25(28)29)21(22(26)17-7-3-1-4-8-17)23(27)18-9-5-2-6-10-18/h1-14,20-21H,15H2. The van der Waals surface area contributed by atoms with Gasteiger partial charge in [-0.2, -0.15) is 0 Å². The topological polar surface area (TPSA) is 77.3 Å². The van der Waals surface area contributed by atoms with Crippen molar-refractivity contribution < 1.29 is 14.5 Å². The minimum absolute atomic E-state index is 0.337. The summed E-state index contributed by atoms with van der Waals surface area (Å²) in [6.45, 7) is -0.552. The van der Waals surface area contributed by atoms with E-state index in [9.17, 15) is 19.7 Å². The van der Waals surface area contributed by atoms with Crippen LogP contribution in [0.2, 0.25) is 5.02 Å². The first-order valence-corrected chi connectivity index (χ1v) is 9.41. The van der Waals surface area contributed by atoms with Gasteiger partial charge in [-0.1, -0.05) is 84.4 Å². The van der Waals surface area contributed by atoms with E-state index >= 15 is 0 Å². The molecule has 3 aromatic rings. The molecule has 6 heteroatoms. The summed E-state index contributed by atoms with van der Waals surface area (Å²) in [5.41, 5.74) is 1.19. The van der Waals surface area contributed by atoms with Crippen molar-refractivity contribution >= 4 is 23.2 Å².